The maximum atomic E-state index is 5.84. The van der Waals surface area contributed by atoms with Gasteiger partial charge in [-0.15, -0.1) is 0 Å². The molecule has 2 aromatic carbocycles. The third-order valence-corrected chi connectivity index (χ3v) is 6.18. The van der Waals surface area contributed by atoms with Crippen LogP contribution in [0.2, 0.25) is 0 Å². The van der Waals surface area contributed by atoms with Crippen LogP contribution in [0.25, 0.3) is 5.69 Å². The Morgan fingerprint density at radius 2 is 1.67 bits per heavy atom. The van der Waals surface area contributed by atoms with Crippen molar-refractivity contribution in [2.24, 2.45) is 0 Å². The number of pyridine rings is 1. The van der Waals surface area contributed by atoms with E-state index in [-0.39, 0.29) is 12.1 Å². The molecule has 2 atom stereocenters. The van der Waals surface area contributed by atoms with E-state index < -0.39 is 0 Å². The van der Waals surface area contributed by atoms with Gasteiger partial charge in [0, 0.05) is 35.5 Å². The minimum Gasteiger partial charge on any atom is -0.497 e. The van der Waals surface area contributed by atoms with E-state index in [1.165, 1.54) is 0 Å². The Morgan fingerprint density at radius 1 is 0.848 bits per heavy atom. The molecule has 1 aliphatic heterocycles. The summed E-state index contributed by atoms with van der Waals surface area (Å²) in [5, 5.41) is 4.16. The van der Waals surface area contributed by atoms with Crippen molar-refractivity contribution in [3.63, 3.8) is 0 Å². The van der Waals surface area contributed by atoms with Crippen molar-refractivity contribution in [1.82, 2.24) is 14.9 Å². The number of aromatic nitrogens is 2. The van der Waals surface area contributed by atoms with E-state index in [2.05, 4.69) is 50.2 Å². The first-order valence-corrected chi connectivity index (χ1v) is 11.1. The fourth-order valence-corrected chi connectivity index (χ4v) is 4.65. The minimum absolute atomic E-state index is 0.128. The second-order valence-corrected chi connectivity index (χ2v) is 8.09. The second-order valence-electron chi connectivity index (χ2n) is 7.70. The van der Waals surface area contributed by atoms with Crippen molar-refractivity contribution < 1.29 is 9.47 Å². The summed E-state index contributed by atoms with van der Waals surface area (Å²) < 4.78 is 13.0. The van der Waals surface area contributed by atoms with Crippen molar-refractivity contribution >= 4 is 23.0 Å². The molecule has 2 aromatic heterocycles. The van der Waals surface area contributed by atoms with Crippen LogP contribution in [0.4, 0.5) is 5.69 Å². The maximum Gasteiger partial charge on any atom is 0.174 e. The van der Waals surface area contributed by atoms with Crippen molar-refractivity contribution in [2.75, 3.05) is 19.1 Å². The number of hydrogen-bond acceptors (Lipinski definition) is 4. The molecule has 0 saturated carbocycles. The number of thiocarbonyl (C=S) groups is 1. The predicted octanol–water partition coefficient (Wildman–Crippen LogP) is 5.07. The average molecular weight is 457 g/mol. The summed E-state index contributed by atoms with van der Waals surface area (Å²) in [5.74, 6) is 1.60. The Balaban J connectivity index is 1.64. The molecule has 5 rings (SSSR count). The van der Waals surface area contributed by atoms with Gasteiger partial charge in [0.15, 0.2) is 5.11 Å². The minimum atomic E-state index is -0.128. The summed E-state index contributed by atoms with van der Waals surface area (Å²) in [4.78, 5) is 6.79. The van der Waals surface area contributed by atoms with E-state index >= 15 is 0 Å². The molecule has 0 unspecified atom stereocenters. The third-order valence-electron chi connectivity index (χ3n) is 5.86. The highest BCUT2D eigenvalue weighted by atomic mass is 32.1. The van der Waals surface area contributed by atoms with Gasteiger partial charge in [-0.25, -0.2) is 0 Å². The number of hydrogen-bond donors (Lipinski definition) is 1. The quantitative estimate of drug-likeness (QED) is 0.409. The largest absolute Gasteiger partial charge is 0.497 e. The Bertz CT molecular complexity index is 1260. The highest BCUT2D eigenvalue weighted by Crippen LogP contribution is 2.42. The zero-order valence-corrected chi connectivity index (χ0v) is 19.2. The monoisotopic (exact) mass is 456 g/mol. The Morgan fingerprint density at radius 3 is 2.39 bits per heavy atom. The van der Waals surface area contributed by atoms with Crippen molar-refractivity contribution in [1.29, 1.82) is 0 Å². The summed E-state index contributed by atoms with van der Waals surface area (Å²) >= 11 is 5.84. The number of nitrogens with one attached hydrogen (secondary N) is 1. The van der Waals surface area contributed by atoms with Crippen molar-refractivity contribution in [3.8, 4) is 17.2 Å². The summed E-state index contributed by atoms with van der Waals surface area (Å²) in [5.41, 5.74) is 4.01. The maximum absolute atomic E-state index is 5.84. The van der Waals surface area contributed by atoms with Gasteiger partial charge in [-0.3, -0.25) is 4.98 Å². The normalized spacial score (nSPS) is 17.6. The lowest BCUT2D eigenvalue weighted by atomic mass is 10.0. The number of ether oxygens (including phenoxy) is 2. The lowest BCUT2D eigenvalue weighted by Gasteiger charge is -2.29. The summed E-state index contributed by atoms with van der Waals surface area (Å²) in [7, 11) is 3.34. The van der Waals surface area contributed by atoms with Gasteiger partial charge >= 0.3 is 0 Å². The molecule has 0 bridgehead atoms. The number of rotatable bonds is 6. The zero-order valence-electron chi connectivity index (χ0n) is 18.4. The molecule has 33 heavy (non-hydrogen) atoms. The first-order valence-electron chi connectivity index (χ1n) is 10.7. The van der Waals surface area contributed by atoms with Gasteiger partial charge in [0.05, 0.1) is 26.0 Å². The fourth-order valence-electron chi connectivity index (χ4n) is 4.31. The molecule has 0 amide bonds. The van der Waals surface area contributed by atoms with Crippen LogP contribution in [0.3, 0.4) is 0 Å². The van der Waals surface area contributed by atoms with Gasteiger partial charge < -0.3 is 24.3 Å². The van der Waals surface area contributed by atoms with E-state index in [1.54, 1.807) is 14.2 Å². The number of methoxy groups -OCH3 is 2. The number of anilines is 1. The molecule has 1 aliphatic rings. The molecule has 0 spiro atoms. The van der Waals surface area contributed by atoms with E-state index in [0.29, 0.717) is 5.11 Å². The SMILES string of the molecule is COc1ccc(-n2cccc2[C@@H]2[C@H](c3ccccn3)NC(=S)N2c2cccc(OC)c2)cc1. The Kier molecular flexibility index (Phi) is 5.71. The second kappa shape index (κ2) is 8.96. The van der Waals surface area contributed by atoms with E-state index in [4.69, 9.17) is 21.7 Å². The first kappa shape index (κ1) is 21.0. The molecule has 1 fully saturated rings. The van der Waals surface area contributed by atoms with Crippen LogP contribution in [-0.2, 0) is 0 Å². The number of benzene rings is 2. The fraction of sp³-hybridized carbons (Fsp3) is 0.154. The molecule has 0 aliphatic carbocycles. The molecule has 166 valence electrons. The summed E-state index contributed by atoms with van der Waals surface area (Å²) in [6, 6.07) is 25.9. The van der Waals surface area contributed by atoms with Crippen LogP contribution in [0.5, 0.6) is 11.5 Å². The Labute approximate surface area is 198 Å². The van der Waals surface area contributed by atoms with Gasteiger partial charge in [-0.05, 0) is 72.9 Å². The van der Waals surface area contributed by atoms with E-state index in [0.717, 1.165) is 34.3 Å². The predicted molar refractivity (Wildman–Crippen MR) is 133 cm³/mol. The van der Waals surface area contributed by atoms with E-state index in [9.17, 15) is 0 Å². The van der Waals surface area contributed by atoms with Crippen LogP contribution in [0.1, 0.15) is 23.5 Å². The van der Waals surface area contributed by atoms with Gasteiger partial charge in [0.2, 0.25) is 0 Å². The van der Waals surface area contributed by atoms with Gasteiger partial charge in [0.1, 0.15) is 17.5 Å². The molecule has 6 nitrogen and oxygen atoms in total. The molecule has 0 radical (unpaired) electrons. The van der Waals surface area contributed by atoms with Crippen LogP contribution >= 0.6 is 12.2 Å². The average Bonchev–Trinajstić information content (AvgIpc) is 3.49. The lowest BCUT2D eigenvalue weighted by Crippen LogP contribution is -2.30. The smallest absolute Gasteiger partial charge is 0.174 e. The molecule has 1 N–H and O–H groups in total. The highest BCUT2D eigenvalue weighted by Gasteiger charge is 2.42. The Hall–Kier alpha value is -3.84. The molecular weight excluding hydrogens is 432 g/mol. The molecule has 3 heterocycles. The van der Waals surface area contributed by atoms with Gasteiger partial charge in [0.25, 0.3) is 0 Å². The summed E-state index contributed by atoms with van der Waals surface area (Å²) in [6.07, 6.45) is 3.88. The van der Waals surface area contributed by atoms with E-state index in [1.807, 2.05) is 60.8 Å². The lowest BCUT2D eigenvalue weighted by molar-refractivity contribution is 0.414. The first-order chi connectivity index (χ1) is 16.2. The highest BCUT2D eigenvalue weighted by molar-refractivity contribution is 7.80. The van der Waals surface area contributed by atoms with Crippen LogP contribution in [0.15, 0.2) is 91.3 Å². The van der Waals surface area contributed by atoms with Crippen molar-refractivity contribution in [2.45, 2.75) is 12.1 Å². The number of nitrogens with zero attached hydrogens (tertiary/aromatic N) is 3. The van der Waals surface area contributed by atoms with Gasteiger partial charge in [-0.2, -0.15) is 0 Å². The standard InChI is InChI=1S/C26H24N4O2S/c1-31-20-13-11-18(12-14-20)29-16-6-10-23(29)25-24(22-9-3-4-15-27-22)28-26(33)30(25)19-7-5-8-21(17-19)32-2/h3-17,24-25H,1-2H3,(H,28,33)/t24-,25+/m0/s1. The van der Waals surface area contributed by atoms with Crippen molar-refractivity contribution in [3.05, 3.63) is 103 Å². The topological polar surface area (TPSA) is 51.5 Å². The summed E-state index contributed by atoms with van der Waals surface area (Å²) in [6.45, 7) is 0. The molecular formula is C26H24N4O2S. The molecule has 1 saturated heterocycles. The van der Waals surface area contributed by atoms with Crippen LogP contribution in [-0.4, -0.2) is 28.9 Å². The van der Waals surface area contributed by atoms with Gasteiger partial charge in [-0.1, -0.05) is 12.1 Å². The zero-order chi connectivity index (χ0) is 22.8. The third kappa shape index (κ3) is 3.91. The molecule has 7 heteroatoms. The van der Waals surface area contributed by atoms with Crippen LogP contribution in [0, 0.1) is 0 Å². The van der Waals surface area contributed by atoms with Crippen LogP contribution < -0.4 is 19.7 Å². The molecule has 4 aromatic rings.